The zero-order valence-corrected chi connectivity index (χ0v) is 19.4. The Bertz CT molecular complexity index is 686. The molecule has 0 aliphatic carbocycles. The Labute approximate surface area is 191 Å². The summed E-state index contributed by atoms with van der Waals surface area (Å²) in [6.07, 6.45) is -3.44. The van der Waals surface area contributed by atoms with E-state index in [9.17, 15) is 18.0 Å². The monoisotopic (exact) mass is 543 g/mol. The summed E-state index contributed by atoms with van der Waals surface area (Å²) in [6.45, 7) is 3.16. The zero-order valence-electron chi connectivity index (χ0n) is 17.1. The van der Waals surface area contributed by atoms with Crippen LogP contribution in [0.5, 0.6) is 0 Å². The van der Waals surface area contributed by atoms with E-state index in [0.717, 1.165) is 37.2 Å². The van der Waals surface area contributed by atoms with Crippen LogP contribution in [0.15, 0.2) is 29.3 Å². The third-order valence-electron chi connectivity index (χ3n) is 4.57. The molecule has 1 aliphatic heterocycles. The summed E-state index contributed by atoms with van der Waals surface area (Å²) in [7, 11) is 3.20. The molecule has 0 spiro atoms. The standard InChI is InChI=1S/C19H28F3N5O2.HI/c1-23-18(25-11-17(28)24-8-10-29-2)26-16-7-9-27(13-16)12-14-3-5-15(6-4-14)19(20,21)22;/h3-6,16H,7-13H2,1-2H3,(H,24,28)(H2,23,25,26);1H. The molecule has 1 aliphatic rings. The van der Waals surface area contributed by atoms with Gasteiger partial charge in [-0.15, -0.1) is 24.0 Å². The molecule has 1 saturated heterocycles. The molecule has 3 N–H and O–H groups in total. The SMILES string of the molecule is CN=C(NCC(=O)NCCOC)NC1CCN(Cc2ccc(C(F)(F)F)cc2)C1.I. The van der Waals surface area contributed by atoms with Crippen LogP contribution in [-0.4, -0.2) is 69.8 Å². The number of methoxy groups -OCH3 is 1. The molecule has 1 aromatic rings. The van der Waals surface area contributed by atoms with Gasteiger partial charge < -0.3 is 20.7 Å². The van der Waals surface area contributed by atoms with E-state index in [1.165, 1.54) is 12.1 Å². The number of rotatable bonds is 8. The second-order valence-electron chi connectivity index (χ2n) is 6.83. The number of ether oxygens (including phenoxy) is 1. The van der Waals surface area contributed by atoms with Crippen LogP contribution in [0.4, 0.5) is 13.2 Å². The van der Waals surface area contributed by atoms with Crippen molar-refractivity contribution in [3.8, 4) is 0 Å². The number of amides is 1. The van der Waals surface area contributed by atoms with Crippen LogP contribution < -0.4 is 16.0 Å². The Hall–Kier alpha value is -1.60. The normalized spacial score (nSPS) is 17.4. The largest absolute Gasteiger partial charge is 0.416 e. The van der Waals surface area contributed by atoms with Crippen molar-refractivity contribution in [2.24, 2.45) is 4.99 Å². The number of nitrogens with zero attached hydrogens (tertiary/aromatic N) is 2. The van der Waals surface area contributed by atoms with Gasteiger partial charge in [0, 0.05) is 46.4 Å². The van der Waals surface area contributed by atoms with E-state index >= 15 is 0 Å². The summed E-state index contributed by atoms with van der Waals surface area (Å²) in [4.78, 5) is 18.0. The first-order chi connectivity index (χ1) is 13.8. The van der Waals surface area contributed by atoms with Crippen LogP contribution in [0.2, 0.25) is 0 Å². The molecular formula is C19H29F3IN5O2. The highest BCUT2D eigenvalue weighted by Gasteiger charge is 2.30. The Morgan fingerprint density at radius 1 is 1.27 bits per heavy atom. The number of halogens is 4. The van der Waals surface area contributed by atoms with Gasteiger partial charge in [-0.1, -0.05) is 12.1 Å². The number of aliphatic imine (C=N–C) groups is 1. The third-order valence-corrected chi connectivity index (χ3v) is 4.57. The summed E-state index contributed by atoms with van der Waals surface area (Å²) >= 11 is 0. The predicted octanol–water partition coefficient (Wildman–Crippen LogP) is 1.83. The molecular weight excluding hydrogens is 514 g/mol. The number of likely N-dealkylation sites (tertiary alicyclic amines) is 1. The Balaban J connectivity index is 0.00000450. The quantitative estimate of drug-likeness (QED) is 0.202. The van der Waals surface area contributed by atoms with Crippen molar-refractivity contribution in [1.82, 2.24) is 20.9 Å². The first-order valence-electron chi connectivity index (χ1n) is 9.43. The van der Waals surface area contributed by atoms with Gasteiger partial charge in [0.05, 0.1) is 18.7 Å². The third kappa shape index (κ3) is 9.04. The number of nitrogens with one attached hydrogen (secondary N) is 3. The van der Waals surface area contributed by atoms with Crippen molar-refractivity contribution >= 4 is 35.8 Å². The lowest BCUT2D eigenvalue weighted by Crippen LogP contribution is -2.47. The van der Waals surface area contributed by atoms with Crippen LogP contribution >= 0.6 is 24.0 Å². The predicted molar refractivity (Wildman–Crippen MR) is 120 cm³/mol. The summed E-state index contributed by atoms with van der Waals surface area (Å²) in [5, 5.41) is 8.96. The average Bonchev–Trinajstić information content (AvgIpc) is 3.12. The summed E-state index contributed by atoms with van der Waals surface area (Å²) in [5.41, 5.74) is 0.206. The number of hydrogen-bond acceptors (Lipinski definition) is 4. The highest BCUT2D eigenvalue weighted by Crippen LogP contribution is 2.29. The maximum atomic E-state index is 12.7. The number of carbonyl (C=O) groups excluding carboxylic acids is 1. The molecule has 7 nitrogen and oxygen atoms in total. The molecule has 0 saturated carbocycles. The second-order valence-corrected chi connectivity index (χ2v) is 6.83. The number of carbonyl (C=O) groups is 1. The highest BCUT2D eigenvalue weighted by molar-refractivity contribution is 14.0. The Kier molecular flexibility index (Phi) is 11.4. The fraction of sp³-hybridized carbons (Fsp3) is 0.579. The molecule has 0 radical (unpaired) electrons. The van der Waals surface area contributed by atoms with Gasteiger partial charge in [-0.25, -0.2) is 0 Å². The molecule has 0 bridgehead atoms. The Morgan fingerprint density at radius 3 is 2.57 bits per heavy atom. The minimum atomic E-state index is -4.31. The van der Waals surface area contributed by atoms with Crippen LogP contribution in [-0.2, 0) is 22.3 Å². The zero-order chi connectivity index (χ0) is 21.3. The number of alkyl halides is 3. The molecule has 1 heterocycles. The summed E-state index contributed by atoms with van der Waals surface area (Å²) in [6, 6.07) is 5.42. The van der Waals surface area contributed by atoms with Crippen LogP contribution in [0.25, 0.3) is 0 Å². The maximum Gasteiger partial charge on any atom is 0.416 e. The molecule has 1 unspecified atom stereocenters. The lowest BCUT2D eigenvalue weighted by molar-refractivity contribution is -0.137. The maximum absolute atomic E-state index is 12.7. The van der Waals surface area contributed by atoms with Gasteiger partial charge in [-0.3, -0.25) is 14.7 Å². The number of guanidine groups is 1. The van der Waals surface area contributed by atoms with Crippen molar-refractivity contribution < 1.29 is 22.7 Å². The molecule has 0 aromatic heterocycles. The van der Waals surface area contributed by atoms with Gasteiger partial charge in [-0.05, 0) is 24.1 Å². The van der Waals surface area contributed by atoms with Gasteiger partial charge in [-0.2, -0.15) is 13.2 Å². The van der Waals surface area contributed by atoms with Gasteiger partial charge in [0.15, 0.2) is 5.96 Å². The Morgan fingerprint density at radius 2 is 1.97 bits per heavy atom. The molecule has 11 heteroatoms. The van der Waals surface area contributed by atoms with Crippen molar-refractivity contribution in [2.75, 3.05) is 46.9 Å². The van der Waals surface area contributed by atoms with Crippen molar-refractivity contribution in [2.45, 2.75) is 25.2 Å². The van der Waals surface area contributed by atoms with Crippen molar-refractivity contribution in [3.05, 3.63) is 35.4 Å². The first-order valence-corrected chi connectivity index (χ1v) is 9.43. The van der Waals surface area contributed by atoms with E-state index in [1.807, 2.05) is 0 Å². The van der Waals surface area contributed by atoms with E-state index in [2.05, 4.69) is 25.8 Å². The van der Waals surface area contributed by atoms with E-state index in [0.29, 0.717) is 25.7 Å². The number of benzene rings is 1. The first kappa shape index (κ1) is 26.4. The fourth-order valence-electron chi connectivity index (χ4n) is 3.06. The molecule has 170 valence electrons. The smallest absolute Gasteiger partial charge is 0.383 e. The lowest BCUT2D eigenvalue weighted by atomic mass is 10.1. The van der Waals surface area contributed by atoms with Gasteiger partial charge >= 0.3 is 6.18 Å². The molecule has 2 rings (SSSR count). The minimum absolute atomic E-state index is 0. The van der Waals surface area contributed by atoms with Gasteiger partial charge in [0.25, 0.3) is 0 Å². The molecule has 1 amide bonds. The van der Waals surface area contributed by atoms with E-state index < -0.39 is 11.7 Å². The van der Waals surface area contributed by atoms with Gasteiger partial charge in [0.2, 0.25) is 5.91 Å². The molecule has 1 fully saturated rings. The van der Waals surface area contributed by atoms with E-state index in [1.54, 1.807) is 14.2 Å². The molecule has 30 heavy (non-hydrogen) atoms. The fourth-order valence-corrected chi connectivity index (χ4v) is 3.06. The van der Waals surface area contributed by atoms with Crippen LogP contribution in [0.1, 0.15) is 17.5 Å². The van der Waals surface area contributed by atoms with E-state index in [4.69, 9.17) is 4.74 Å². The second kappa shape index (κ2) is 13.0. The van der Waals surface area contributed by atoms with E-state index in [-0.39, 0.29) is 42.5 Å². The number of hydrogen-bond donors (Lipinski definition) is 3. The summed E-state index contributed by atoms with van der Waals surface area (Å²) in [5.74, 6) is 0.383. The van der Waals surface area contributed by atoms with Crippen molar-refractivity contribution in [3.63, 3.8) is 0 Å². The average molecular weight is 543 g/mol. The molecule has 1 aromatic carbocycles. The minimum Gasteiger partial charge on any atom is -0.383 e. The van der Waals surface area contributed by atoms with Crippen LogP contribution in [0, 0.1) is 0 Å². The highest BCUT2D eigenvalue weighted by atomic mass is 127. The topological polar surface area (TPSA) is 78.0 Å². The van der Waals surface area contributed by atoms with Crippen LogP contribution in [0.3, 0.4) is 0 Å². The van der Waals surface area contributed by atoms with Crippen molar-refractivity contribution in [1.29, 1.82) is 0 Å². The summed E-state index contributed by atoms with van der Waals surface area (Å²) < 4.78 is 42.8. The van der Waals surface area contributed by atoms with Gasteiger partial charge in [0.1, 0.15) is 0 Å². The molecule has 1 atom stereocenters. The lowest BCUT2D eigenvalue weighted by Gasteiger charge is -2.19.